The first-order valence-corrected chi connectivity index (χ1v) is 6.85. The van der Waals surface area contributed by atoms with Crippen LogP contribution < -0.4 is 9.47 Å². The maximum Gasteiger partial charge on any atom is 0.127 e. The summed E-state index contributed by atoms with van der Waals surface area (Å²) in [4.78, 5) is 0. The maximum atomic E-state index is 6.03. The van der Waals surface area contributed by atoms with Crippen molar-refractivity contribution < 1.29 is 9.47 Å². The van der Waals surface area contributed by atoms with E-state index in [1.165, 1.54) is 31.2 Å². The van der Waals surface area contributed by atoms with Gasteiger partial charge in [-0.2, -0.15) is 0 Å². The van der Waals surface area contributed by atoms with E-state index in [9.17, 15) is 0 Å². The fraction of sp³-hybridized carbons (Fsp3) is 0.538. The largest absolute Gasteiger partial charge is 0.497 e. The van der Waals surface area contributed by atoms with Gasteiger partial charge in [0.25, 0.3) is 0 Å². The molecule has 1 saturated carbocycles. The molecule has 1 aliphatic carbocycles. The second kappa shape index (κ2) is 5.58. The molecule has 2 rings (SSSR count). The minimum Gasteiger partial charge on any atom is -0.497 e. The Labute approximate surface area is 105 Å². The quantitative estimate of drug-likeness (QED) is 0.781. The van der Waals surface area contributed by atoms with Gasteiger partial charge in [-0.1, -0.05) is 22.0 Å². The van der Waals surface area contributed by atoms with E-state index in [1.807, 2.05) is 12.1 Å². The van der Waals surface area contributed by atoms with Crippen LogP contribution in [0.5, 0.6) is 11.5 Å². The fourth-order valence-corrected chi connectivity index (χ4v) is 2.53. The number of methoxy groups -OCH3 is 1. The van der Waals surface area contributed by atoms with Crippen molar-refractivity contribution in [3.63, 3.8) is 0 Å². The third-order valence-electron chi connectivity index (χ3n) is 3.01. The summed E-state index contributed by atoms with van der Waals surface area (Å²) < 4.78 is 11.3. The first kappa shape index (κ1) is 11.8. The van der Waals surface area contributed by atoms with Crippen LogP contribution in [0.1, 0.15) is 31.2 Å². The minimum atomic E-state index is 0.393. The Bertz CT molecular complexity index is 346. The number of ether oxygens (including phenoxy) is 2. The zero-order valence-corrected chi connectivity index (χ0v) is 11.1. The van der Waals surface area contributed by atoms with E-state index in [4.69, 9.17) is 9.47 Å². The summed E-state index contributed by atoms with van der Waals surface area (Å²) in [5, 5.41) is 0.818. The van der Waals surface area contributed by atoms with Crippen LogP contribution in [0.25, 0.3) is 0 Å². The average Bonchev–Trinajstić information content (AvgIpc) is 2.82. The van der Waals surface area contributed by atoms with Crippen LogP contribution >= 0.6 is 15.9 Å². The summed E-state index contributed by atoms with van der Waals surface area (Å²) in [5.74, 6) is 1.82. The van der Waals surface area contributed by atoms with E-state index in [0.717, 1.165) is 16.8 Å². The Kier molecular flexibility index (Phi) is 4.10. The molecule has 0 N–H and O–H groups in total. The number of hydrogen-bond acceptors (Lipinski definition) is 2. The van der Waals surface area contributed by atoms with Gasteiger partial charge in [-0.15, -0.1) is 0 Å². The Balaban J connectivity index is 2.15. The van der Waals surface area contributed by atoms with Crippen molar-refractivity contribution in [2.24, 2.45) is 0 Å². The van der Waals surface area contributed by atoms with Crippen molar-refractivity contribution in [3.05, 3.63) is 23.8 Å². The molecule has 1 aliphatic rings. The lowest BCUT2D eigenvalue weighted by atomic mass is 10.2. The molecule has 0 heterocycles. The molecule has 88 valence electrons. The molecule has 0 amide bonds. The standard InChI is InChI=1S/C13H17BrO2/c1-15-12-7-6-10(9-14)13(8-12)16-11-4-2-3-5-11/h6-8,11H,2-5,9H2,1H3. The molecule has 0 bridgehead atoms. The summed E-state index contributed by atoms with van der Waals surface area (Å²) in [6, 6.07) is 6.00. The van der Waals surface area contributed by atoms with Crippen LogP contribution in [0.4, 0.5) is 0 Å². The van der Waals surface area contributed by atoms with Gasteiger partial charge in [0.2, 0.25) is 0 Å². The average molecular weight is 285 g/mol. The maximum absolute atomic E-state index is 6.03. The van der Waals surface area contributed by atoms with Gasteiger partial charge in [-0.05, 0) is 31.7 Å². The molecule has 0 spiro atoms. The molecule has 0 unspecified atom stereocenters. The van der Waals surface area contributed by atoms with E-state index in [-0.39, 0.29) is 0 Å². The highest BCUT2D eigenvalue weighted by atomic mass is 79.9. The predicted molar refractivity (Wildman–Crippen MR) is 68.5 cm³/mol. The highest BCUT2D eigenvalue weighted by Gasteiger charge is 2.18. The van der Waals surface area contributed by atoms with E-state index in [0.29, 0.717) is 6.10 Å². The van der Waals surface area contributed by atoms with Gasteiger partial charge in [0.15, 0.2) is 0 Å². The van der Waals surface area contributed by atoms with Crippen LogP contribution in [0.3, 0.4) is 0 Å². The summed E-state index contributed by atoms with van der Waals surface area (Å²) in [6.45, 7) is 0. The number of alkyl halides is 1. The lowest BCUT2D eigenvalue weighted by molar-refractivity contribution is 0.207. The molecule has 1 aromatic carbocycles. The van der Waals surface area contributed by atoms with Crippen molar-refractivity contribution in [1.29, 1.82) is 0 Å². The Hall–Kier alpha value is -0.700. The van der Waals surface area contributed by atoms with Gasteiger partial charge in [-0.3, -0.25) is 0 Å². The smallest absolute Gasteiger partial charge is 0.127 e. The molecule has 1 fully saturated rings. The van der Waals surface area contributed by atoms with Gasteiger partial charge in [0.05, 0.1) is 13.2 Å². The van der Waals surface area contributed by atoms with Crippen molar-refractivity contribution in [3.8, 4) is 11.5 Å². The third-order valence-corrected chi connectivity index (χ3v) is 3.62. The SMILES string of the molecule is COc1ccc(CBr)c(OC2CCCC2)c1. The normalized spacial score (nSPS) is 16.4. The highest BCUT2D eigenvalue weighted by molar-refractivity contribution is 9.08. The molecule has 0 aromatic heterocycles. The molecular formula is C13H17BrO2. The van der Waals surface area contributed by atoms with E-state index in [2.05, 4.69) is 22.0 Å². The molecule has 16 heavy (non-hydrogen) atoms. The molecule has 0 aliphatic heterocycles. The number of rotatable bonds is 4. The van der Waals surface area contributed by atoms with Crippen molar-refractivity contribution in [2.75, 3.05) is 7.11 Å². The number of hydrogen-bond donors (Lipinski definition) is 0. The zero-order valence-electron chi connectivity index (χ0n) is 9.54. The second-order valence-electron chi connectivity index (χ2n) is 4.13. The zero-order chi connectivity index (χ0) is 11.4. The second-order valence-corrected chi connectivity index (χ2v) is 4.69. The van der Waals surface area contributed by atoms with Crippen LogP contribution in [0.2, 0.25) is 0 Å². The molecule has 3 heteroatoms. The molecular weight excluding hydrogens is 268 g/mol. The molecule has 0 radical (unpaired) electrons. The first-order chi connectivity index (χ1) is 7.83. The highest BCUT2D eigenvalue weighted by Crippen LogP contribution is 2.30. The van der Waals surface area contributed by atoms with Crippen molar-refractivity contribution >= 4 is 15.9 Å². The van der Waals surface area contributed by atoms with Crippen molar-refractivity contribution in [2.45, 2.75) is 37.1 Å². The Morgan fingerprint density at radius 2 is 2.06 bits per heavy atom. The van der Waals surface area contributed by atoms with E-state index >= 15 is 0 Å². The topological polar surface area (TPSA) is 18.5 Å². The van der Waals surface area contributed by atoms with Crippen LogP contribution in [0, 0.1) is 0 Å². The summed E-state index contributed by atoms with van der Waals surface area (Å²) in [6.07, 6.45) is 5.33. The minimum absolute atomic E-state index is 0.393. The predicted octanol–water partition coefficient (Wildman–Crippen LogP) is 3.91. The first-order valence-electron chi connectivity index (χ1n) is 5.73. The molecule has 2 nitrogen and oxygen atoms in total. The summed E-state index contributed by atoms with van der Waals surface area (Å²) in [7, 11) is 1.68. The van der Waals surface area contributed by atoms with Gasteiger partial charge >= 0.3 is 0 Å². The number of halogens is 1. The van der Waals surface area contributed by atoms with E-state index in [1.54, 1.807) is 7.11 Å². The lowest BCUT2D eigenvalue weighted by Gasteiger charge is -2.16. The Morgan fingerprint density at radius 1 is 1.31 bits per heavy atom. The monoisotopic (exact) mass is 284 g/mol. The fourth-order valence-electron chi connectivity index (χ4n) is 2.07. The van der Waals surface area contributed by atoms with Gasteiger partial charge in [-0.25, -0.2) is 0 Å². The van der Waals surface area contributed by atoms with Gasteiger partial charge in [0, 0.05) is 17.0 Å². The van der Waals surface area contributed by atoms with Crippen LogP contribution in [0.15, 0.2) is 18.2 Å². The molecule has 0 atom stereocenters. The van der Waals surface area contributed by atoms with Crippen LogP contribution in [-0.4, -0.2) is 13.2 Å². The molecule has 0 saturated heterocycles. The third kappa shape index (κ3) is 2.70. The van der Waals surface area contributed by atoms with Crippen molar-refractivity contribution in [1.82, 2.24) is 0 Å². The van der Waals surface area contributed by atoms with Gasteiger partial charge < -0.3 is 9.47 Å². The lowest BCUT2D eigenvalue weighted by Crippen LogP contribution is -2.12. The van der Waals surface area contributed by atoms with Gasteiger partial charge in [0.1, 0.15) is 11.5 Å². The molecule has 1 aromatic rings. The number of benzene rings is 1. The summed E-state index contributed by atoms with van der Waals surface area (Å²) in [5.41, 5.74) is 1.19. The van der Waals surface area contributed by atoms with Crippen LogP contribution in [-0.2, 0) is 5.33 Å². The Morgan fingerprint density at radius 3 is 2.69 bits per heavy atom. The van der Waals surface area contributed by atoms with E-state index < -0.39 is 0 Å². The summed E-state index contributed by atoms with van der Waals surface area (Å²) >= 11 is 3.48.